The molecule has 1 aliphatic rings. The lowest BCUT2D eigenvalue weighted by Gasteiger charge is -2.32. The van der Waals surface area contributed by atoms with Gasteiger partial charge >= 0.3 is 0 Å². The zero-order valence-electron chi connectivity index (χ0n) is 22.3. The number of rotatable bonds is 6. The minimum atomic E-state index is -3.69. The van der Waals surface area contributed by atoms with Gasteiger partial charge in [0.2, 0.25) is 15.6 Å². The van der Waals surface area contributed by atoms with Crippen LogP contribution in [0.1, 0.15) is 23.1 Å². The molecule has 1 fully saturated rings. The number of hydrogen-bond donors (Lipinski definition) is 0. The van der Waals surface area contributed by atoms with Gasteiger partial charge in [0.05, 0.1) is 22.3 Å². The Kier molecular flexibility index (Phi) is 6.65. The molecule has 3 aromatic carbocycles. The molecule has 0 radical (unpaired) electrons. The summed E-state index contributed by atoms with van der Waals surface area (Å²) in [5.41, 5.74) is 4.58. The normalized spacial score (nSPS) is 18.0. The smallest absolute Gasteiger partial charge is 0.250 e. The van der Waals surface area contributed by atoms with Gasteiger partial charge in [-0.05, 0) is 78.9 Å². The molecule has 1 aliphatic heterocycles. The van der Waals surface area contributed by atoms with E-state index in [1.165, 1.54) is 10.6 Å². The van der Waals surface area contributed by atoms with E-state index in [0.717, 1.165) is 33.3 Å². The molecule has 5 aromatic rings. The third kappa shape index (κ3) is 4.66. The Balaban J connectivity index is 1.44. The van der Waals surface area contributed by atoms with Crippen LogP contribution in [0.25, 0.3) is 16.6 Å². The van der Waals surface area contributed by atoms with Crippen LogP contribution in [-0.2, 0) is 28.9 Å². The van der Waals surface area contributed by atoms with E-state index >= 15 is 0 Å². The summed E-state index contributed by atoms with van der Waals surface area (Å²) >= 11 is 6.03. The fourth-order valence-electron chi connectivity index (χ4n) is 5.90. The fourth-order valence-corrected chi connectivity index (χ4v) is 7.55. The van der Waals surface area contributed by atoms with Crippen molar-refractivity contribution >= 4 is 32.5 Å². The molecule has 204 valence electrons. The number of aromatic nitrogens is 3. The molecule has 1 unspecified atom stereocenters. The second kappa shape index (κ2) is 10.0. The van der Waals surface area contributed by atoms with Crippen LogP contribution in [0.3, 0.4) is 0 Å². The predicted molar refractivity (Wildman–Crippen MR) is 158 cm³/mol. The maximum absolute atomic E-state index is 13.7. The van der Waals surface area contributed by atoms with Crippen molar-refractivity contribution in [3.05, 3.63) is 123 Å². The molecule has 6 rings (SSSR count). The first-order chi connectivity index (χ1) is 19.2. The Hall–Kier alpha value is -3.72. The predicted octanol–water partition coefficient (Wildman–Crippen LogP) is 5.26. The highest BCUT2D eigenvalue weighted by molar-refractivity contribution is 7.89. The summed E-state index contributed by atoms with van der Waals surface area (Å²) in [7, 11) is -1.97. The van der Waals surface area contributed by atoms with Gasteiger partial charge in [0, 0.05) is 48.2 Å². The Morgan fingerprint density at radius 1 is 1.00 bits per heavy atom. The molecule has 2 aromatic heterocycles. The third-order valence-electron chi connectivity index (χ3n) is 7.96. The number of hydrogen-bond acceptors (Lipinski definition) is 4. The van der Waals surface area contributed by atoms with Gasteiger partial charge in [0.15, 0.2) is 0 Å². The van der Waals surface area contributed by atoms with Crippen LogP contribution in [0.4, 0.5) is 0 Å². The number of pyridine rings is 1. The van der Waals surface area contributed by atoms with Gasteiger partial charge in [0.25, 0.3) is 0 Å². The zero-order chi connectivity index (χ0) is 28.1. The molecule has 7 nitrogen and oxygen atoms in total. The largest absolute Gasteiger partial charge is 0.316 e. The average molecular weight is 573 g/mol. The first-order valence-corrected chi connectivity index (χ1v) is 14.9. The standard InChI is InChI=1S/C31H29ClN4O3S/c1-22-16-29-24(19-33-36(29)26-10-13-30(37)34(2)20-26)17-28(22)31(18-23-6-4-3-5-7-23)14-15-35(21-31)40(38,39)27-11-8-25(32)9-12-27/h3-13,16-17,19-20H,14-15,18,21H2,1-2H3. The molecular formula is C31H29ClN4O3S. The van der Waals surface area contributed by atoms with E-state index < -0.39 is 15.4 Å². The van der Waals surface area contributed by atoms with E-state index in [4.69, 9.17) is 11.6 Å². The second-order valence-electron chi connectivity index (χ2n) is 10.6. The molecule has 0 saturated carbocycles. The summed E-state index contributed by atoms with van der Waals surface area (Å²) in [6.45, 7) is 2.87. The maximum atomic E-state index is 13.7. The van der Waals surface area contributed by atoms with Crippen LogP contribution >= 0.6 is 11.6 Å². The molecule has 0 amide bonds. The molecule has 1 saturated heterocycles. The summed E-state index contributed by atoms with van der Waals surface area (Å²) in [4.78, 5) is 12.2. The van der Waals surface area contributed by atoms with Crippen molar-refractivity contribution in [3.63, 3.8) is 0 Å². The number of nitrogens with zero attached hydrogens (tertiary/aromatic N) is 4. The maximum Gasteiger partial charge on any atom is 0.250 e. The highest BCUT2D eigenvalue weighted by atomic mass is 35.5. The topological polar surface area (TPSA) is 77.2 Å². The number of aryl methyl sites for hydroxylation is 2. The molecule has 0 N–H and O–H groups in total. The van der Waals surface area contributed by atoms with Crippen molar-refractivity contribution in [3.8, 4) is 5.69 Å². The highest BCUT2D eigenvalue weighted by Crippen LogP contribution is 2.42. The Labute approximate surface area is 238 Å². The van der Waals surface area contributed by atoms with Crippen molar-refractivity contribution in [1.29, 1.82) is 0 Å². The minimum Gasteiger partial charge on any atom is -0.316 e. The summed E-state index contributed by atoms with van der Waals surface area (Å²) in [6.07, 6.45) is 5.00. The molecule has 9 heteroatoms. The number of fused-ring (bicyclic) bond motifs is 1. The zero-order valence-corrected chi connectivity index (χ0v) is 23.9. The Morgan fingerprint density at radius 2 is 1.75 bits per heavy atom. The van der Waals surface area contributed by atoms with Crippen LogP contribution in [-0.4, -0.2) is 40.2 Å². The summed E-state index contributed by atoms with van der Waals surface area (Å²) < 4.78 is 32.3. The van der Waals surface area contributed by atoms with Gasteiger partial charge in [-0.25, -0.2) is 13.1 Å². The van der Waals surface area contributed by atoms with E-state index in [1.807, 2.05) is 29.1 Å². The summed E-state index contributed by atoms with van der Waals surface area (Å²) in [5, 5.41) is 6.10. The first kappa shape index (κ1) is 26.5. The van der Waals surface area contributed by atoms with E-state index in [2.05, 4.69) is 36.3 Å². The minimum absolute atomic E-state index is 0.0825. The number of sulfonamides is 1. The molecule has 1 atom stereocenters. The second-order valence-corrected chi connectivity index (χ2v) is 13.0. The van der Waals surface area contributed by atoms with Crippen LogP contribution in [0.15, 0.2) is 101 Å². The van der Waals surface area contributed by atoms with Crippen molar-refractivity contribution in [1.82, 2.24) is 18.7 Å². The van der Waals surface area contributed by atoms with E-state index in [9.17, 15) is 13.2 Å². The van der Waals surface area contributed by atoms with E-state index in [1.54, 1.807) is 47.9 Å². The summed E-state index contributed by atoms with van der Waals surface area (Å²) in [6, 6.07) is 24.2. The molecule has 0 bridgehead atoms. The molecular weight excluding hydrogens is 544 g/mol. The quantitative estimate of drug-likeness (QED) is 0.278. The monoisotopic (exact) mass is 572 g/mol. The highest BCUT2D eigenvalue weighted by Gasteiger charge is 2.45. The van der Waals surface area contributed by atoms with Crippen molar-refractivity contribution in [2.45, 2.75) is 30.1 Å². The van der Waals surface area contributed by atoms with E-state index in [0.29, 0.717) is 31.0 Å². The summed E-state index contributed by atoms with van der Waals surface area (Å²) in [5.74, 6) is 0. The van der Waals surface area contributed by atoms with Gasteiger partial charge in [-0.1, -0.05) is 41.9 Å². The lowest BCUT2D eigenvalue weighted by Crippen LogP contribution is -2.36. The Bertz CT molecular complexity index is 1880. The Morgan fingerprint density at radius 3 is 2.48 bits per heavy atom. The van der Waals surface area contributed by atoms with Gasteiger partial charge < -0.3 is 4.57 Å². The molecule has 3 heterocycles. The lowest BCUT2D eigenvalue weighted by molar-refractivity contribution is 0.413. The van der Waals surface area contributed by atoms with Crippen molar-refractivity contribution in [2.24, 2.45) is 7.05 Å². The average Bonchev–Trinajstić information content (AvgIpc) is 3.56. The van der Waals surface area contributed by atoms with Crippen LogP contribution in [0.2, 0.25) is 5.02 Å². The van der Waals surface area contributed by atoms with E-state index in [-0.39, 0.29) is 10.5 Å². The van der Waals surface area contributed by atoms with Gasteiger partial charge in [0.1, 0.15) is 0 Å². The fraction of sp³-hybridized carbons (Fsp3) is 0.226. The SMILES string of the molecule is Cc1cc2c(cnn2-c2ccc(=O)n(C)c2)cc1C1(Cc2ccccc2)CCN(S(=O)(=O)c2ccc(Cl)cc2)C1. The van der Waals surface area contributed by atoms with Crippen LogP contribution in [0, 0.1) is 6.92 Å². The van der Waals surface area contributed by atoms with Gasteiger partial charge in [-0.2, -0.15) is 9.40 Å². The molecule has 40 heavy (non-hydrogen) atoms. The van der Waals surface area contributed by atoms with Crippen LogP contribution in [0.5, 0.6) is 0 Å². The molecule has 0 spiro atoms. The molecule has 0 aliphatic carbocycles. The first-order valence-electron chi connectivity index (χ1n) is 13.1. The number of benzene rings is 3. The third-order valence-corrected chi connectivity index (χ3v) is 10.1. The van der Waals surface area contributed by atoms with Crippen molar-refractivity contribution in [2.75, 3.05) is 13.1 Å². The van der Waals surface area contributed by atoms with Crippen LogP contribution < -0.4 is 5.56 Å². The van der Waals surface area contributed by atoms with Gasteiger partial charge in [-0.3, -0.25) is 4.79 Å². The lowest BCUT2D eigenvalue weighted by atomic mass is 9.73. The van der Waals surface area contributed by atoms with Gasteiger partial charge in [-0.15, -0.1) is 0 Å². The number of halogens is 1. The van der Waals surface area contributed by atoms with Crippen molar-refractivity contribution < 1.29 is 8.42 Å².